The molecule has 0 saturated heterocycles. The highest BCUT2D eigenvalue weighted by molar-refractivity contribution is 6.32. The van der Waals surface area contributed by atoms with Crippen molar-refractivity contribution >= 4 is 28.8 Å². The number of aryl methyl sites for hydroxylation is 1. The van der Waals surface area contributed by atoms with Gasteiger partial charge in [-0.05, 0) is 31.2 Å². The number of nitrogens with one attached hydrogen (secondary N) is 1. The molecule has 1 aromatic carbocycles. The lowest BCUT2D eigenvalue weighted by Crippen LogP contribution is -2.13. The number of fused-ring (bicyclic) bond motifs is 1. The Hall–Kier alpha value is -3.53. The van der Waals surface area contributed by atoms with Crippen LogP contribution in [0.4, 0.5) is 14.5 Å². The van der Waals surface area contributed by atoms with Crippen LogP contribution in [0.15, 0.2) is 42.7 Å². The van der Waals surface area contributed by atoms with Crippen molar-refractivity contribution in [3.63, 3.8) is 0 Å². The third-order valence-electron chi connectivity index (χ3n) is 4.51. The zero-order valence-electron chi connectivity index (χ0n) is 15.8. The monoisotopic (exact) mass is 432 g/mol. The number of ether oxygens (including phenoxy) is 1. The molecule has 0 fully saturated rings. The summed E-state index contributed by atoms with van der Waals surface area (Å²) in [7, 11) is 1.84. The maximum absolute atomic E-state index is 12.7. The maximum Gasteiger partial charge on any atom is 0.387 e. The minimum Gasteiger partial charge on any atom is -0.433 e. The third-order valence-corrected chi connectivity index (χ3v) is 4.80. The molecule has 1 amide bonds. The molecule has 0 atom stereocenters. The summed E-state index contributed by atoms with van der Waals surface area (Å²) in [6.45, 7) is -1.07. The summed E-state index contributed by atoms with van der Waals surface area (Å²) in [5.74, 6) is -0.689. The normalized spacial score (nSPS) is 11.3. The topological polar surface area (TPSA) is 86.3 Å². The molecule has 154 valence electrons. The van der Waals surface area contributed by atoms with Crippen LogP contribution in [0.2, 0.25) is 5.02 Å². The van der Waals surface area contributed by atoms with Gasteiger partial charge < -0.3 is 10.1 Å². The summed E-state index contributed by atoms with van der Waals surface area (Å²) in [4.78, 5) is 16.9. The lowest BCUT2D eigenvalue weighted by Gasteiger charge is -2.09. The van der Waals surface area contributed by atoms with Crippen molar-refractivity contribution in [2.45, 2.75) is 13.5 Å². The number of halogens is 3. The van der Waals surface area contributed by atoms with E-state index in [1.165, 1.54) is 18.2 Å². The van der Waals surface area contributed by atoms with E-state index in [-0.39, 0.29) is 16.5 Å². The summed E-state index contributed by atoms with van der Waals surface area (Å²) < 4.78 is 32.3. The second-order valence-electron chi connectivity index (χ2n) is 6.37. The number of alkyl halides is 2. The number of anilines is 1. The first-order chi connectivity index (χ1) is 14.3. The Morgan fingerprint density at radius 3 is 2.73 bits per heavy atom. The molecular weight excluding hydrogens is 418 g/mol. The van der Waals surface area contributed by atoms with Gasteiger partial charge in [0.15, 0.2) is 11.3 Å². The Morgan fingerprint density at radius 1 is 1.27 bits per heavy atom. The molecule has 0 aliphatic carbocycles. The zero-order valence-corrected chi connectivity index (χ0v) is 16.6. The van der Waals surface area contributed by atoms with Gasteiger partial charge in [-0.3, -0.25) is 9.48 Å². The van der Waals surface area contributed by atoms with Crippen LogP contribution in [0.3, 0.4) is 0 Å². The number of nitrogens with zero attached hydrogens (tertiary/aromatic N) is 5. The molecule has 11 heteroatoms. The van der Waals surface area contributed by atoms with Crippen LogP contribution in [0.25, 0.3) is 16.9 Å². The van der Waals surface area contributed by atoms with E-state index in [1.807, 2.05) is 14.0 Å². The van der Waals surface area contributed by atoms with Crippen LogP contribution in [-0.4, -0.2) is 36.9 Å². The van der Waals surface area contributed by atoms with Crippen molar-refractivity contribution in [3.05, 3.63) is 59.1 Å². The Bertz CT molecular complexity index is 1250. The van der Waals surface area contributed by atoms with Crippen LogP contribution in [0.5, 0.6) is 5.75 Å². The molecule has 4 aromatic rings. The van der Waals surface area contributed by atoms with Crippen molar-refractivity contribution in [2.24, 2.45) is 7.05 Å². The first-order valence-corrected chi connectivity index (χ1v) is 9.11. The van der Waals surface area contributed by atoms with Gasteiger partial charge in [0.1, 0.15) is 5.75 Å². The SMILES string of the molecule is Cc1c(-c2ccnc3cc(C(=O)Nc4ccc(OC(F)F)c(Cl)c4)nn23)cnn1C. The van der Waals surface area contributed by atoms with Crippen molar-refractivity contribution in [2.75, 3.05) is 5.32 Å². The van der Waals surface area contributed by atoms with E-state index >= 15 is 0 Å². The molecule has 0 bridgehead atoms. The number of hydrogen-bond acceptors (Lipinski definition) is 5. The van der Waals surface area contributed by atoms with Gasteiger partial charge in [0.05, 0.1) is 16.9 Å². The Morgan fingerprint density at radius 2 is 2.07 bits per heavy atom. The number of rotatable bonds is 5. The lowest BCUT2D eigenvalue weighted by atomic mass is 10.2. The third kappa shape index (κ3) is 3.69. The molecule has 3 heterocycles. The number of hydrogen-bond donors (Lipinski definition) is 1. The molecule has 8 nitrogen and oxygen atoms in total. The molecule has 1 N–H and O–H groups in total. The molecule has 0 aliphatic heterocycles. The fourth-order valence-electron chi connectivity index (χ4n) is 2.93. The first kappa shape index (κ1) is 19.8. The molecule has 30 heavy (non-hydrogen) atoms. The number of carbonyl (C=O) groups is 1. The van der Waals surface area contributed by atoms with Gasteiger partial charge in [-0.2, -0.15) is 19.0 Å². The summed E-state index contributed by atoms with van der Waals surface area (Å²) in [6.07, 6.45) is 3.35. The summed E-state index contributed by atoms with van der Waals surface area (Å²) >= 11 is 5.93. The van der Waals surface area contributed by atoms with Crippen LogP contribution < -0.4 is 10.1 Å². The number of amides is 1. The summed E-state index contributed by atoms with van der Waals surface area (Å²) in [5, 5.41) is 11.2. The average molecular weight is 433 g/mol. The van der Waals surface area contributed by atoms with Gasteiger partial charge in [-0.15, -0.1) is 0 Å². The quantitative estimate of drug-likeness (QED) is 0.516. The maximum atomic E-state index is 12.7. The van der Waals surface area contributed by atoms with Gasteiger partial charge in [0, 0.05) is 36.3 Å². The Balaban J connectivity index is 1.62. The number of carbonyl (C=O) groups excluding carboxylic acids is 1. The van der Waals surface area contributed by atoms with Gasteiger partial charge in [-0.25, -0.2) is 9.50 Å². The van der Waals surface area contributed by atoms with Gasteiger partial charge in [0.2, 0.25) is 0 Å². The number of benzene rings is 1. The van der Waals surface area contributed by atoms with Crippen LogP contribution in [0.1, 0.15) is 16.2 Å². The van der Waals surface area contributed by atoms with Crippen molar-refractivity contribution in [1.29, 1.82) is 0 Å². The average Bonchev–Trinajstić information content (AvgIpc) is 3.28. The van der Waals surface area contributed by atoms with Crippen molar-refractivity contribution in [1.82, 2.24) is 24.4 Å². The van der Waals surface area contributed by atoms with E-state index in [1.54, 1.807) is 33.7 Å². The molecule has 0 spiro atoms. The largest absolute Gasteiger partial charge is 0.433 e. The highest BCUT2D eigenvalue weighted by Crippen LogP contribution is 2.29. The van der Waals surface area contributed by atoms with E-state index in [0.29, 0.717) is 11.3 Å². The molecule has 0 saturated carbocycles. The first-order valence-electron chi connectivity index (χ1n) is 8.73. The van der Waals surface area contributed by atoms with Crippen LogP contribution >= 0.6 is 11.6 Å². The van der Waals surface area contributed by atoms with Gasteiger partial charge >= 0.3 is 6.61 Å². The Labute approximate surface area is 174 Å². The second kappa shape index (κ2) is 7.71. The lowest BCUT2D eigenvalue weighted by molar-refractivity contribution is -0.0497. The predicted molar refractivity (Wildman–Crippen MR) is 106 cm³/mol. The molecule has 0 unspecified atom stereocenters. The smallest absolute Gasteiger partial charge is 0.387 e. The summed E-state index contributed by atoms with van der Waals surface area (Å²) in [6, 6.07) is 7.29. The van der Waals surface area contributed by atoms with E-state index in [9.17, 15) is 13.6 Å². The van der Waals surface area contributed by atoms with Gasteiger partial charge in [-0.1, -0.05) is 11.6 Å². The highest BCUT2D eigenvalue weighted by atomic mass is 35.5. The minimum atomic E-state index is -2.99. The van der Waals surface area contributed by atoms with Crippen LogP contribution in [0, 0.1) is 6.92 Å². The minimum absolute atomic E-state index is 0.0564. The summed E-state index contributed by atoms with van der Waals surface area (Å²) in [5.41, 5.74) is 3.45. The van der Waals surface area contributed by atoms with E-state index in [0.717, 1.165) is 17.0 Å². The molecule has 3 aromatic heterocycles. The Kier molecular flexibility index (Phi) is 5.08. The van der Waals surface area contributed by atoms with E-state index < -0.39 is 12.5 Å². The molecule has 0 aliphatic rings. The second-order valence-corrected chi connectivity index (χ2v) is 6.78. The fourth-order valence-corrected chi connectivity index (χ4v) is 3.15. The van der Waals surface area contributed by atoms with Crippen LogP contribution in [-0.2, 0) is 7.05 Å². The predicted octanol–water partition coefficient (Wildman–Crippen LogP) is 3.95. The molecule has 4 rings (SSSR count). The molecular formula is C19H15ClF2N6O2. The van der Waals surface area contributed by atoms with E-state index in [4.69, 9.17) is 11.6 Å². The van der Waals surface area contributed by atoms with Crippen molar-refractivity contribution in [3.8, 4) is 17.0 Å². The highest BCUT2D eigenvalue weighted by Gasteiger charge is 2.17. The molecule has 0 radical (unpaired) electrons. The fraction of sp³-hybridized carbons (Fsp3) is 0.158. The van der Waals surface area contributed by atoms with Crippen molar-refractivity contribution < 1.29 is 18.3 Å². The zero-order chi connectivity index (χ0) is 21.4. The van der Waals surface area contributed by atoms with E-state index in [2.05, 4.69) is 25.2 Å². The standard InChI is InChI=1S/C19H15ClF2N6O2/c1-10-12(9-24-27(10)2)15-5-6-23-17-8-14(26-28(15)17)18(29)25-11-3-4-16(13(20)7-11)30-19(21)22/h3-9,19H,1-2H3,(H,25,29). The number of aromatic nitrogens is 5. The van der Waals surface area contributed by atoms with Gasteiger partial charge in [0.25, 0.3) is 5.91 Å².